The summed E-state index contributed by atoms with van der Waals surface area (Å²) in [4.78, 5) is 15.9. The molecule has 2 heterocycles. The number of aryl methyl sites for hydroxylation is 1. The van der Waals surface area contributed by atoms with Crippen LogP contribution in [0.2, 0.25) is 0 Å². The molecule has 0 spiro atoms. The highest BCUT2D eigenvalue weighted by Crippen LogP contribution is 2.13. The Hall–Kier alpha value is -3.17. The number of benzene rings is 1. The first-order valence-corrected chi connectivity index (χ1v) is 6.97. The molecular weight excluding hydrogens is 322 g/mol. The fourth-order valence-corrected chi connectivity index (χ4v) is 1.99. The standard InChI is InChI=1S/C14H12F2N6O2/c1-8-18-14(24-20-8)11-7-22(21-19-11)6-5-17-13(23)12-9(15)3-2-4-10(12)16/h2-4,7H,5-6H2,1H3,(H,17,23). The van der Waals surface area contributed by atoms with Gasteiger partial charge in [0, 0.05) is 6.54 Å². The summed E-state index contributed by atoms with van der Waals surface area (Å²) < 4.78 is 33.4. The average Bonchev–Trinajstić information content (AvgIpc) is 3.16. The third-order valence-electron chi connectivity index (χ3n) is 3.10. The average molecular weight is 334 g/mol. The van der Waals surface area contributed by atoms with Crippen LogP contribution >= 0.6 is 0 Å². The molecule has 3 aromatic rings. The zero-order chi connectivity index (χ0) is 17.1. The number of hydrogen-bond acceptors (Lipinski definition) is 6. The Morgan fingerprint density at radius 1 is 1.33 bits per heavy atom. The number of aromatic nitrogens is 5. The first kappa shape index (κ1) is 15.7. The van der Waals surface area contributed by atoms with Crippen molar-refractivity contribution in [2.75, 3.05) is 6.54 Å². The van der Waals surface area contributed by atoms with Gasteiger partial charge in [-0.2, -0.15) is 4.98 Å². The lowest BCUT2D eigenvalue weighted by atomic mass is 10.2. The van der Waals surface area contributed by atoms with Gasteiger partial charge in [-0.15, -0.1) is 5.10 Å². The summed E-state index contributed by atoms with van der Waals surface area (Å²) in [7, 11) is 0. The van der Waals surface area contributed by atoms with Crippen molar-refractivity contribution < 1.29 is 18.1 Å². The largest absolute Gasteiger partial charge is 0.350 e. The van der Waals surface area contributed by atoms with Crippen LogP contribution in [-0.2, 0) is 6.54 Å². The summed E-state index contributed by atoms with van der Waals surface area (Å²) in [5.41, 5.74) is -0.222. The molecule has 0 saturated heterocycles. The lowest BCUT2D eigenvalue weighted by molar-refractivity contribution is 0.0943. The van der Waals surface area contributed by atoms with Crippen LogP contribution in [0.4, 0.5) is 8.78 Å². The fraction of sp³-hybridized carbons (Fsp3) is 0.214. The lowest BCUT2D eigenvalue weighted by Crippen LogP contribution is -2.29. The molecule has 3 rings (SSSR count). The van der Waals surface area contributed by atoms with Crippen molar-refractivity contribution >= 4 is 5.91 Å². The first-order chi connectivity index (χ1) is 11.5. The molecule has 10 heteroatoms. The second kappa shape index (κ2) is 6.52. The lowest BCUT2D eigenvalue weighted by Gasteiger charge is -2.06. The minimum absolute atomic E-state index is 0.109. The van der Waals surface area contributed by atoms with Crippen molar-refractivity contribution in [3.8, 4) is 11.6 Å². The van der Waals surface area contributed by atoms with E-state index in [9.17, 15) is 13.6 Å². The Balaban J connectivity index is 1.59. The molecule has 24 heavy (non-hydrogen) atoms. The second-order valence-electron chi connectivity index (χ2n) is 4.87. The maximum absolute atomic E-state index is 13.5. The molecule has 1 N–H and O–H groups in total. The van der Waals surface area contributed by atoms with Crippen LogP contribution < -0.4 is 5.32 Å². The molecule has 124 valence electrons. The molecule has 0 saturated carbocycles. The predicted octanol–water partition coefficient (Wildman–Crippen LogP) is 1.34. The van der Waals surface area contributed by atoms with E-state index in [2.05, 4.69) is 25.8 Å². The van der Waals surface area contributed by atoms with Crippen LogP contribution in [0.25, 0.3) is 11.6 Å². The van der Waals surface area contributed by atoms with Gasteiger partial charge in [-0.3, -0.25) is 4.79 Å². The highest BCUT2D eigenvalue weighted by molar-refractivity contribution is 5.94. The van der Waals surface area contributed by atoms with Crippen molar-refractivity contribution in [2.24, 2.45) is 0 Å². The second-order valence-corrected chi connectivity index (χ2v) is 4.87. The number of amides is 1. The van der Waals surface area contributed by atoms with Gasteiger partial charge in [0.1, 0.15) is 17.2 Å². The molecule has 0 bridgehead atoms. The van der Waals surface area contributed by atoms with Gasteiger partial charge >= 0.3 is 0 Å². The van der Waals surface area contributed by atoms with E-state index in [0.29, 0.717) is 11.5 Å². The van der Waals surface area contributed by atoms with Crippen LogP contribution in [0.5, 0.6) is 0 Å². The number of carbonyl (C=O) groups is 1. The van der Waals surface area contributed by atoms with Crippen LogP contribution in [0.15, 0.2) is 28.9 Å². The molecular formula is C14H12F2N6O2. The highest BCUT2D eigenvalue weighted by atomic mass is 19.1. The molecule has 0 aliphatic rings. The van der Waals surface area contributed by atoms with Gasteiger partial charge in [0.2, 0.25) is 0 Å². The van der Waals surface area contributed by atoms with Crippen molar-refractivity contribution in [2.45, 2.75) is 13.5 Å². The summed E-state index contributed by atoms with van der Waals surface area (Å²) in [6.07, 6.45) is 1.56. The van der Waals surface area contributed by atoms with Crippen LogP contribution in [0.1, 0.15) is 16.2 Å². The van der Waals surface area contributed by atoms with Crippen molar-refractivity contribution in [3.05, 3.63) is 47.4 Å². The summed E-state index contributed by atoms with van der Waals surface area (Å²) in [6, 6.07) is 3.24. The fourth-order valence-electron chi connectivity index (χ4n) is 1.99. The van der Waals surface area contributed by atoms with Crippen LogP contribution in [-0.4, -0.2) is 37.6 Å². The minimum atomic E-state index is -0.915. The number of hydrogen-bond donors (Lipinski definition) is 1. The summed E-state index contributed by atoms with van der Waals surface area (Å²) >= 11 is 0. The number of carbonyl (C=O) groups excluding carboxylic acids is 1. The Morgan fingerprint density at radius 3 is 2.75 bits per heavy atom. The molecule has 0 atom stereocenters. The van der Waals surface area contributed by atoms with Crippen molar-refractivity contribution in [3.63, 3.8) is 0 Å². The van der Waals surface area contributed by atoms with Crippen molar-refractivity contribution in [1.29, 1.82) is 0 Å². The van der Waals surface area contributed by atoms with E-state index in [0.717, 1.165) is 12.1 Å². The number of rotatable bonds is 5. The third kappa shape index (κ3) is 3.26. The van der Waals surface area contributed by atoms with Gasteiger partial charge in [0.15, 0.2) is 11.5 Å². The zero-order valence-electron chi connectivity index (χ0n) is 12.5. The summed E-state index contributed by atoms with van der Waals surface area (Å²) in [5, 5.41) is 13.8. The third-order valence-corrected chi connectivity index (χ3v) is 3.10. The molecule has 2 aromatic heterocycles. The summed E-state index contributed by atoms with van der Waals surface area (Å²) in [5.74, 6) is -1.96. The molecule has 0 aliphatic carbocycles. The van der Waals surface area contributed by atoms with E-state index < -0.39 is 23.1 Å². The summed E-state index contributed by atoms with van der Waals surface area (Å²) in [6.45, 7) is 2.04. The predicted molar refractivity (Wildman–Crippen MR) is 76.7 cm³/mol. The number of nitrogens with one attached hydrogen (secondary N) is 1. The van der Waals surface area contributed by atoms with E-state index in [1.165, 1.54) is 10.7 Å². The Labute approximate surface area is 134 Å². The van der Waals surface area contributed by atoms with Gasteiger partial charge in [0.25, 0.3) is 11.8 Å². The molecule has 0 radical (unpaired) electrons. The van der Waals surface area contributed by atoms with E-state index in [1.807, 2.05) is 0 Å². The van der Waals surface area contributed by atoms with Gasteiger partial charge < -0.3 is 9.84 Å². The van der Waals surface area contributed by atoms with Crippen LogP contribution in [0, 0.1) is 18.6 Å². The molecule has 0 fully saturated rings. The van der Waals surface area contributed by atoms with Gasteiger partial charge in [-0.1, -0.05) is 16.4 Å². The maximum Gasteiger partial charge on any atom is 0.280 e. The molecule has 1 amide bonds. The molecule has 0 unspecified atom stereocenters. The Bertz CT molecular complexity index is 856. The SMILES string of the molecule is Cc1noc(-c2cn(CCNC(=O)c3c(F)cccc3F)nn2)n1. The van der Waals surface area contributed by atoms with E-state index in [-0.39, 0.29) is 19.0 Å². The topological polar surface area (TPSA) is 98.7 Å². The monoisotopic (exact) mass is 334 g/mol. The van der Waals surface area contributed by atoms with E-state index >= 15 is 0 Å². The number of nitrogens with zero attached hydrogens (tertiary/aromatic N) is 5. The van der Waals surface area contributed by atoms with E-state index in [1.54, 1.807) is 13.1 Å². The van der Waals surface area contributed by atoms with Crippen molar-refractivity contribution in [1.82, 2.24) is 30.5 Å². The Kier molecular flexibility index (Phi) is 4.27. The Morgan fingerprint density at radius 2 is 2.08 bits per heavy atom. The van der Waals surface area contributed by atoms with Crippen LogP contribution in [0.3, 0.4) is 0 Å². The maximum atomic E-state index is 13.5. The van der Waals surface area contributed by atoms with Gasteiger partial charge in [-0.25, -0.2) is 13.5 Å². The molecule has 0 aliphatic heterocycles. The smallest absolute Gasteiger partial charge is 0.280 e. The van der Waals surface area contributed by atoms with E-state index in [4.69, 9.17) is 4.52 Å². The minimum Gasteiger partial charge on any atom is -0.350 e. The number of halogens is 2. The molecule has 1 aromatic carbocycles. The zero-order valence-corrected chi connectivity index (χ0v) is 12.5. The molecule has 8 nitrogen and oxygen atoms in total. The quantitative estimate of drug-likeness (QED) is 0.756. The van der Waals surface area contributed by atoms with Gasteiger partial charge in [0.05, 0.1) is 12.7 Å². The normalized spacial score (nSPS) is 10.8. The van der Waals surface area contributed by atoms with Gasteiger partial charge in [-0.05, 0) is 19.1 Å². The first-order valence-electron chi connectivity index (χ1n) is 6.97. The highest BCUT2D eigenvalue weighted by Gasteiger charge is 2.16.